The lowest BCUT2D eigenvalue weighted by Crippen LogP contribution is -2.32. The normalized spacial score (nSPS) is 20.7. The third-order valence-electron chi connectivity index (χ3n) is 3.38. The van der Waals surface area contributed by atoms with Crippen molar-refractivity contribution < 1.29 is 5.11 Å². The fraction of sp³-hybridized carbons (Fsp3) is 0.833. The number of aliphatic hydroxyl groups is 1. The molecule has 1 atom stereocenters. The number of aromatic nitrogens is 3. The minimum absolute atomic E-state index is 0.262. The number of nitrogens with zero attached hydrogens (tertiary/aromatic N) is 3. The Hall–Kier alpha value is -0.940. The van der Waals surface area contributed by atoms with Crippen LogP contribution in [-0.2, 0) is 6.42 Å². The van der Waals surface area contributed by atoms with Gasteiger partial charge in [-0.05, 0) is 39.2 Å². The molecule has 17 heavy (non-hydrogen) atoms. The molecule has 2 rings (SSSR count). The molecule has 2 heterocycles. The smallest absolute Gasteiger partial charge is 0.133 e. The van der Waals surface area contributed by atoms with Crippen molar-refractivity contribution in [3.8, 4) is 0 Å². The molecule has 1 aromatic heterocycles. The fourth-order valence-corrected chi connectivity index (χ4v) is 2.51. The van der Waals surface area contributed by atoms with Crippen LogP contribution in [0.4, 0.5) is 0 Å². The molecule has 2 N–H and O–H groups in total. The first-order valence-electron chi connectivity index (χ1n) is 6.55. The van der Waals surface area contributed by atoms with Gasteiger partial charge in [0.15, 0.2) is 0 Å². The molecule has 0 aromatic carbocycles. The van der Waals surface area contributed by atoms with Crippen LogP contribution in [0.15, 0.2) is 0 Å². The molecule has 0 aliphatic carbocycles. The van der Waals surface area contributed by atoms with Crippen molar-refractivity contribution in [2.75, 3.05) is 19.7 Å². The Morgan fingerprint density at radius 1 is 1.41 bits per heavy atom. The molecule has 1 aliphatic rings. The molecule has 0 bridgehead atoms. The highest BCUT2D eigenvalue weighted by Crippen LogP contribution is 2.20. The molecule has 0 radical (unpaired) electrons. The molecule has 1 unspecified atom stereocenters. The van der Waals surface area contributed by atoms with E-state index in [1.807, 2.05) is 6.92 Å². The number of hydrogen-bond acceptors (Lipinski definition) is 4. The highest BCUT2D eigenvalue weighted by Gasteiger charge is 2.20. The van der Waals surface area contributed by atoms with Gasteiger partial charge in [0.1, 0.15) is 11.6 Å². The van der Waals surface area contributed by atoms with Crippen molar-refractivity contribution in [1.29, 1.82) is 0 Å². The van der Waals surface area contributed by atoms with Crippen molar-refractivity contribution in [1.82, 2.24) is 20.1 Å². The first-order chi connectivity index (χ1) is 8.33. The molecule has 1 fully saturated rings. The summed E-state index contributed by atoms with van der Waals surface area (Å²) in [6.07, 6.45) is 5.17. The molecule has 0 spiro atoms. The third kappa shape index (κ3) is 3.04. The number of aliphatic hydroxyl groups excluding tert-OH is 1. The number of hydrogen-bond donors (Lipinski definition) is 2. The maximum absolute atomic E-state index is 8.81. The van der Waals surface area contributed by atoms with E-state index in [0.717, 1.165) is 44.0 Å². The van der Waals surface area contributed by atoms with Crippen molar-refractivity contribution in [2.45, 2.75) is 45.1 Å². The van der Waals surface area contributed by atoms with E-state index in [1.54, 1.807) is 0 Å². The minimum atomic E-state index is 0.262. The highest BCUT2D eigenvalue weighted by molar-refractivity contribution is 4.98. The van der Waals surface area contributed by atoms with Gasteiger partial charge in [0, 0.05) is 25.6 Å². The van der Waals surface area contributed by atoms with Gasteiger partial charge in [-0.2, -0.15) is 0 Å². The summed E-state index contributed by atoms with van der Waals surface area (Å²) >= 11 is 0. The largest absolute Gasteiger partial charge is 0.396 e. The second-order valence-corrected chi connectivity index (χ2v) is 4.71. The molecule has 5 nitrogen and oxygen atoms in total. The quantitative estimate of drug-likeness (QED) is 0.746. The lowest BCUT2D eigenvalue weighted by atomic mass is 10.1. The zero-order valence-corrected chi connectivity index (χ0v) is 10.5. The molecule has 0 amide bonds. The van der Waals surface area contributed by atoms with Crippen LogP contribution in [0.25, 0.3) is 0 Å². The van der Waals surface area contributed by atoms with Crippen LogP contribution in [0, 0.1) is 6.92 Å². The second-order valence-electron chi connectivity index (χ2n) is 4.71. The number of nitrogens with one attached hydrogen (secondary N) is 1. The lowest BCUT2D eigenvalue weighted by molar-refractivity contribution is 0.283. The molecule has 5 heteroatoms. The third-order valence-corrected chi connectivity index (χ3v) is 3.38. The van der Waals surface area contributed by atoms with Crippen LogP contribution < -0.4 is 5.32 Å². The topological polar surface area (TPSA) is 63.0 Å². The van der Waals surface area contributed by atoms with Gasteiger partial charge in [-0.3, -0.25) is 0 Å². The van der Waals surface area contributed by atoms with E-state index in [0.29, 0.717) is 6.04 Å². The first-order valence-corrected chi connectivity index (χ1v) is 6.55. The van der Waals surface area contributed by atoms with E-state index < -0.39 is 0 Å². The van der Waals surface area contributed by atoms with Crippen LogP contribution in [-0.4, -0.2) is 39.6 Å². The Morgan fingerprint density at radius 2 is 2.29 bits per heavy atom. The molecule has 1 aromatic rings. The van der Waals surface area contributed by atoms with Gasteiger partial charge in [-0.25, -0.2) is 0 Å². The van der Waals surface area contributed by atoms with E-state index in [4.69, 9.17) is 5.11 Å². The summed E-state index contributed by atoms with van der Waals surface area (Å²) < 4.78 is 2.28. The molecular formula is C12H22N4O. The zero-order valence-electron chi connectivity index (χ0n) is 10.5. The lowest BCUT2D eigenvalue weighted by Gasteiger charge is -2.26. The van der Waals surface area contributed by atoms with Crippen LogP contribution in [0.5, 0.6) is 0 Å². The Bertz CT molecular complexity index is 344. The van der Waals surface area contributed by atoms with E-state index in [1.165, 1.54) is 12.8 Å². The summed E-state index contributed by atoms with van der Waals surface area (Å²) in [6.45, 7) is 4.43. The van der Waals surface area contributed by atoms with E-state index in [-0.39, 0.29) is 6.61 Å². The predicted octanol–water partition coefficient (Wildman–Crippen LogP) is 0.826. The Labute approximate surface area is 102 Å². The van der Waals surface area contributed by atoms with Crippen molar-refractivity contribution in [3.63, 3.8) is 0 Å². The maximum atomic E-state index is 8.81. The Balaban J connectivity index is 2.05. The predicted molar refractivity (Wildman–Crippen MR) is 65.9 cm³/mol. The van der Waals surface area contributed by atoms with Gasteiger partial charge < -0.3 is 15.0 Å². The van der Waals surface area contributed by atoms with E-state index in [9.17, 15) is 0 Å². The first kappa shape index (κ1) is 12.5. The van der Waals surface area contributed by atoms with Crippen LogP contribution in [0.2, 0.25) is 0 Å². The number of rotatable bonds is 5. The summed E-state index contributed by atoms with van der Waals surface area (Å²) in [7, 11) is 0. The molecule has 1 saturated heterocycles. The molecule has 1 aliphatic heterocycles. The van der Waals surface area contributed by atoms with Gasteiger partial charge in [-0.15, -0.1) is 10.2 Å². The average Bonchev–Trinajstić information content (AvgIpc) is 2.72. The van der Waals surface area contributed by atoms with Gasteiger partial charge >= 0.3 is 0 Å². The monoisotopic (exact) mass is 238 g/mol. The number of unbranched alkanes of at least 4 members (excludes halogenated alkanes) is 1. The van der Waals surface area contributed by atoms with Crippen molar-refractivity contribution in [3.05, 3.63) is 11.6 Å². The van der Waals surface area contributed by atoms with Crippen molar-refractivity contribution in [2.24, 2.45) is 0 Å². The van der Waals surface area contributed by atoms with Gasteiger partial charge in [-0.1, -0.05) is 0 Å². The number of piperidine rings is 1. The van der Waals surface area contributed by atoms with E-state index >= 15 is 0 Å². The van der Waals surface area contributed by atoms with Gasteiger partial charge in [0.25, 0.3) is 0 Å². The Morgan fingerprint density at radius 3 is 3.00 bits per heavy atom. The summed E-state index contributed by atoms with van der Waals surface area (Å²) in [4.78, 5) is 0. The maximum Gasteiger partial charge on any atom is 0.133 e. The molecular weight excluding hydrogens is 216 g/mol. The van der Waals surface area contributed by atoms with Gasteiger partial charge in [0.05, 0.1) is 0 Å². The zero-order chi connectivity index (χ0) is 12.1. The summed E-state index contributed by atoms with van der Waals surface area (Å²) in [5.41, 5.74) is 0. The summed E-state index contributed by atoms with van der Waals surface area (Å²) in [5.74, 6) is 2.09. The Kier molecular flexibility index (Phi) is 4.50. The second kappa shape index (κ2) is 6.12. The average molecular weight is 238 g/mol. The summed E-state index contributed by atoms with van der Waals surface area (Å²) in [5, 5.41) is 20.7. The van der Waals surface area contributed by atoms with Crippen LogP contribution in [0.1, 0.15) is 43.4 Å². The highest BCUT2D eigenvalue weighted by atomic mass is 16.2. The number of aryl methyl sites for hydroxylation is 2. The standard InChI is InChI=1S/C12H22N4O/c1-10-14-15-12(6-2-3-8-17)16(10)11-5-4-7-13-9-11/h11,13,17H,2-9H2,1H3. The molecule has 96 valence electrons. The minimum Gasteiger partial charge on any atom is -0.396 e. The summed E-state index contributed by atoms with van der Waals surface area (Å²) in [6, 6.07) is 0.503. The van der Waals surface area contributed by atoms with Gasteiger partial charge in [0.2, 0.25) is 0 Å². The van der Waals surface area contributed by atoms with Crippen molar-refractivity contribution >= 4 is 0 Å². The molecule has 0 saturated carbocycles. The SMILES string of the molecule is Cc1nnc(CCCCO)n1C1CCCNC1. The van der Waals surface area contributed by atoms with Crippen LogP contribution in [0.3, 0.4) is 0 Å². The fourth-order valence-electron chi connectivity index (χ4n) is 2.51. The van der Waals surface area contributed by atoms with E-state index in [2.05, 4.69) is 20.1 Å². The van der Waals surface area contributed by atoms with Crippen LogP contribution >= 0.6 is 0 Å².